The van der Waals surface area contributed by atoms with E-state index >= 15 is 0 Å². The highest BCUT2D eigenvalue weighted by molar-refractivity contribution is 7.35. The number of thiophene rings is 4. The Balaban J connectivity index is 1.72. The fraction of sp³-hybridized carbons (Fsp3) is 0. The molecule has 0 atom stereocenters. The van der Waals surface area contributed by atoms with Gasteiger partial charge in [0.2, 0.25) is 0 Å². The van der Waals surface area contributed by atoms with Gasteiger partial charge >= 0.3 is 5.82 Å². The SMILES string of the molecule is [C-]#[N+]C(=Cc1ccc(-c2sc3c(Cl)c(-c4ccc(C=C(C#N)C#N)s4)sc3c2Cl)s1)[N+]#[C-]. The molecule has 0 bridgehead atoms. The first-order valence-corrected chi connectivity index (χ1v) is 12.6. The second kappa shape index (κ2) is 9.29. The minimum atomic E-state index is 0.0196. The molecule has 0 aromatic carbocycles. The fourth-order valence-corrected chi connectivity index (χ4v) is 8.40. The number of halogens is 2. The van der Waals surface area contributed by atoms with Crippen LogP contribution in [0.25, 0.3) is 50.8 Å². The monoisotopic (exact) mass is 524 g/mol. The van der Waals surface area contributed by atoms with Crippen molar-refractivity contribution in [1.29, 1.82) is 10.5 Å². The number of nitriles is 2. The predicted molar refractivity (Wildman–Crippen MR) is 137 cm³/mol. The topological polar surface area (TPSA) is 56.3 Å². The van der Waals surface area contributed by atoms with Gasteiger partial charge in [0.05, 0.1) is 29.2 Å². The minimum Gasteiger partial charge on any atom is -0.192 e. The average molecular weight is 525 g/mol. The Labute approximate surface area is 209 Å². The van der Waals surface area contributed by atoms with Crippen LogP contribution in [0.4, 0.5) is 0 Å². The van der Waals surface area contributed by atoms with E-state index < -0.39 is 0 Å². The van der Waals surface area contributed by atoms with E-state index in [0.717, 1.165) is 38.7 Å². The normalized spacial score (nSPS) is 10.1. The molecule has 0 aliphatic carbocycles. The van der Waals surface area contributed by atoms with Gasteiger partial charge in [0.15, 0.2) is 0 Å². The number of hydrogen-bond acceptors (Lipinski definition) is 6. The number of rotatable bonds is 4. The third-order valence-corrected chi connectivity index (χ3v) is 10.3. The van der Waals surface area contributed by atoms with Crippen LogP contribution in [-0.2, 0) is 0 Å². The third-order valence-electron chi connectivity index (χ3n) is 4.14. The Bertz CT molecular complexity index is 1450. The lowest BCUT2D eigenvalue weighted by Gasteiger charge is -1.95. The van der Waals surface area contributed by atoms with Gasteiger partial charge in [-0.25, -0.2) is 0 Å². The predicted octanol–water partition coefficient (Wildman–Crippen LogP) is 9.29. The van der Waals surface area contributed by atoms with E-state index in [1.165, 1.54) is 45.3 Å². The van der Waals surface area contributed by atoms with Crippen LogP contribution in [0.3, 0.4) is 0 Å². The Morgan fingerprint density at radius 2 is 1.25 bits per heavy atom. The van der Waals surface area contributed by atoms with Crippen LogP contribution in [0.15, 0.2) is 35.7 Å². The molecule has 10 heteroatoms. The molecule has 0 aliphatic heterocycles. The highest BCUT2D eigenvalue weighted by Crippen LogP contribution is 2.54. The molecule has 4 aromatic rings. The molecule has 0 saturated heterocycles. The summed E-state index contributed by atoms with van der Waals surface area (Å²) in [4.78, 5) is 11.7. The molecule has 0 unspecified atom stereocenters. The Morgan fingerprint density at radius 3 is 1.69 bits per heavy atom. The lowest BCUT2D eigenvalue weighted by atomic mass is 10.3. The molecule has 0 N–H and O–H groups in total. The second-order valence-electron chi connectivity index (χ2n) is 6.06. The van der Waals surface area contributed by atoms with Crippen molar-refractivity contribution in [2.24, 2.45) is 0 Å². The third kappa shape index (κ3) is 4.09. The fourth-order valence-electron chi connectivity index (χ4n) is 2.75. The molecule has 0 radical (unpaired) electrons. The van der Waals surface area contributed by atoms with Gasteiger partial charge in [0.25, 0.3) is 0 Å². The van der Waals surface area contributed by atoms with E-state index in [4.69, 9.17) is 46.9 Å². The summed E-state index contributed by atoms with van der Waals surface area (Å²) in [5.41, 5.74) is 0.0504. The first kappa shape index (κ1) is 22.3. The maximum absolute atomic E-state index is 8.95. The van der Waals surface area contributed by atoms with E-state index in [2.05, 4.69) is 9.69 Å². The van der Waals surface area contributed by atoms with Crippen molar-refractivity contribution in [2.75, 3.05) is 0 Å². The number of allylic oxidation sites excluding steroid dienone is 1. The molecular formula is C22H6Cl2N4S4. The Morgan fingerprint density at radius 1 is 0.781 bits per heavy atom. The average Bonchev–Trinajstić information content (AvgIpc) is 3.57. The molecule has 4 heterocycles. The summed E-state index contributed by atoms with van der Waals surface area (Å²) in [6.07, 6.45) is 3.12. The van der Waals surface area contributed by atoms with Gasteiger partial charge in [0, 0.05) is 25.6 Å². The standard InChI is InChI=1S/C22H6Cl2N4S4/c1-27-16(28-2)8-13-4-6-15(30-13)20-18(24)22-21(32-20)17(23)19(31-22)14-5-3-12(29-14)7-11(9-25)10-26/h3-8H. The van der Waals surface area contributed by atoms with Crippen LogP contribution in [0, 0.1) is 35.8 Å². The minimum absolute atomic E-state index is 0.0196. The first-order valence-electron chi connectivity index (χ1n) is 8.58. The summed E-state index contributed by atoms with van der Waals surface area (Å²) in [5.74, 6) is 0.0196. The summed E-state index contributed by atoms with van der Waals surface area (Å²) >= 11 is 19.4. The maximum Gasteiger partial charge on any atom is 0.520 e. The van der Waals surface area contributed by atoms with Crippen molar-refractivity contribution in [3.05, 3.63) is 78.3 Å². The highest BCUT2D eigenvalue weighted by atomic mass is 35.5. The molecule has 0 amide bonds. The van der Waals surface area contributed by atoms with Crippen LogP contribution in [-0.4, -0.2) is 0 Å². The molecule has 4 nitrogen and oxygen atoms in total. The van der Waals surface area contributed by atoms with E-state index in [1.54, 1.807) is 12.2 Å². The zero-order valence-corrected chi connectivity index (χ0v) is 20.4. The van der Waals surface area contributed by atoms with Gasteiger partial charge in [0.1, 0.15) is 30.9 Å². The second-order valence-corrected chi connectivity index (χ2v) is 11.1. The largest absolute Gasteiger partial charge is 0.520 e. The molecule has 4 aromatic heterocycles. The van der Waals surface area contributed by atoms with Crippen LogP contribution in [0.1, 0.15) is 9.75 Å². The molecule has 0 aliphatic rings. The number of nitrogens with zero attached hydrogens (tertiary/aromatic N) is 4. The molecule has 4 rings (SSSR count). The van der Waals surface area contributed by atoms with Crippen LogP contribution in [0.5, 0.6) is 0 Å². The zero-order valence-electron chi connectivity index (χ0n) is 15.6. The van der Waals surface area contributed by atoms with Crippen molar-refractivity contribution < 1.29 is 0 Å². The Kier molecular flexibility index (Phi) is 6.47. The number of fused-ring (bicyclic) bond motifs is 1. The lowest BCUT2D eigenvalue weighted by Crippen LogP contribution is -1.68. The van der Waals surface area contributed by atoms with Crippen molar-refractivity contribution in [3.63, 3.8) is 0 Å². The summed E-state index contributed by atoms with van der Waals surface area (Å²) in [6, 6.07) is 11.3. The smallest absolute Gasteiger partial charge is 0.192 e. The van der Waals surface area contributed by atoms with E-state index in [0.29, 0.717) is 10.0 Å². The summed E-state index contributed by atoms with van der Waals surface area (Å²) in [7, 11) is 0. The lowest BCUT2D eigenvalue weighted by molar-refractivity contribution is 1.47. The molecular weight excluding hydrogens is 519 g/mol. The van der Waals surface area contributed by atoms with E-state index in [-0.39, 0.29) is 11.4 Å². The molecule has 0 spiro atoms. The van der Waals surface area contributed by atoms with E-state index in [1.807, 2.05) is 36.4 Å². The quantitative estimate of drug-likeness (QED) is 0.197. The molecule has 0 fully saturated rings. The maximum atomic E-state index is 8.95. The van der Waals surface area contributed by atoms with Crippen molar-refractivity contribution in [2.45, 2.75) is 0 Å². The number of hydrogen-bond donors (Lipinski definition) is 0. The highest BCUT2D eigenvalue weighted by Gasteiger charge is 2.22. The van der Waals surface area contributed by atoms with Crippen LogP contribution in [0.2, 0.25) is 10.0 Å². The van der Waals surface area contributed by atoms with Crippen LogP contribution >= 0.6 is 68.5 Å². The van der Waals surface area contributed by atoms with Gasteiger partial charge in [-0.15, -0.1) is 45.3 Å². The van der Waals surface area contributed by atoms with Crippen LogP contribution < -0.4 is 0 Å². The van der Waals surface area contributed by atoms with Gasteiger partial charge in [-0.1, -0.05) is 23.2 Å². The first-order chi connectivity index (χ1) is 15.5. The summed E-state index contributed by atoms with van der Waals surface area (Å²) in [6.45, 7) is 14.0. The molecule has 32 heavy (non-hydrogen) atoms. The summed E-state index contributed by atoms with van der Waals surface area (Å²) < 4.78 is 1.81. The van der Waals surface area contributed by atoms with Crippen molar-refractivity contribution >= 4 is 90.1 Å². The Hall–Kier alpha value is -2.92. The molecule has 152 valence electrons. The van der Waals surface area contributed by atoms with Crippen molar-refractivity contribution in [1.82, 2.24) is 0 Å². The van der Waals surface area contributed by atoms with Gasteiger partial charge in [-0.3, -0.25) is 0 Å². The van der Waals surface area contributed by atoms with E-state index in [9.17, 15) is 0 Å². The molecule has 0 saturated carbocycles. The van der Waals surface area contributed by atoms with Gasteiger partial charge < -0.3 is 0 Å². The zero-order chi connectivity index (χ0) is 22.8. The van der Waals surface area contributed by atoms with Gasteiger partial charge in [-0.05, 0) is 30.3 Å². The summed E-state index contributed by atoms with van der Waals surface area (Å²) in [5, 5.41) is 19.1. The van der Waals surface area contributed by atoms with Crippen molar-refractivity contribution in [3.8, 4) is 31.6 Å². The van der Waals surface area contributed by atoms with Gasteiger partial charge in [-0.2, -0.15) is 20.2 Å².